The number of methoxy groups -OCH3 is 1. The van der Waals surface area contributed by atoms with E-state index in [0.717, 1.165) is 17.7 Å². The smallest absolute Gasteiger partial charge is 0.118 e. The zero-order valence-corrected chi connectivity index (χ0v) is 10.3. The van der Waals surface area contributed by atoms with Gasteiger partial charge in [0.25, 0.3) is 0 Å². The van der Waals surface area contributed by atoms with Crippen LogP contribution in [-0.4, -0.2) is 19.3 Å². The van der Waals surface area contributed by atoms with Crippen molar-refractivity contribution < 1.29 is 14.2 Å². The van der Waals surface area contributed by atoms with Crippen LogP contribution in [-0.2, 0) is 16.1 Å². The standard InChI is InChI=1S/C14H18O3/c1-11-9-14(7-8-16-11)17-10-12-3-5-13(15-2)6-4-12/h3-8,11,14H,9-10H2,1-2H3. The van der Waals surface area contributed by atoms with Crippen molar-refractivity contribution >= 4 is 0 Å². The van der Waals surface area contributed by atoms with Gasteiger partial charge < -0.3 is 14.2 Å². The van der Waals surface area contributed by atoms with Crippen molar-refractivity contribution in [1.29, 1.82) is 0 Å². The van der Waals surface area contributed by atoms with Crippen LogP contribution in [0, 0.1) is 0 Å². The van der Waals surface area contributed by atoms with Crippen LogP contribution in [0.15, 0.2) is 36.6 Å². The van der Waals surface area contributed by atoms with E-state index in [2.05, 4.69) is 0 Å². The number of hydrogen-bond acceptors (Lipinski definition) is 3. The fourth-order valence-corrected chi connectivity index (χ4v) is 1.78. The van der Waals surface area contributed by atoms with E-state index in [9.17, 15) is 0 Å². The summed E-state index contributed by atoms with van der Waals surface area (Å²) in [6, 6.07) is 7.93. The lowest BCUT2D eigenvalue weighted by atomic mass is 10.1. The lowest BCUT2D eigenvalue weighted by Gasteiger charge is -2.22. The first-order chi connectivity index (χ1) is 8.28. The third kappa shape index (κ3) is 3.49. The molecular weight excluding hydrogens is 216 g/mol. The van der Waals surface area contributed by atoms with Crippen molar-refractivity contribution in [3.63, 3.8) is 0 Å². The molecule has 1 aromatic carbocycles. The highest BCUT2D eigenvalue weighted by Gasteiger charge is 2.15. The molecule has 0 aliphatic carbocycles. The predicted molar refractivity (Wildman–Crippen MR) is 65.9 cm³/mol. The third-order valence-corrected chi connectivity index (χ3v) is 2.79. The second-order valence-corrected chi connectivity index (χ2v) is 4.21. The molecule has 1 aliphatic heterocycles. The van der Waals surface area contributed by atoms with E-state index in [1.165, 1.54) is 0 Å². The Morgan fingerprint density at radius 3 is 2.71 bits per heavy atom. The fraction of sp³-hybridized carbons (Fsp3) is 0.429. The quantitative estimate of drug-likeness (QED) is 0.801. The fourth-order valence-electron chi connectivity index (χ4n) is 1.78. The van der Waals surface area contributed by atoms with Crippen LogP contribution < -0.4 is 4.74 Å². The van der Waals surface area contributed by atoms with E-state index in [1.54, 1.807) is 13.4 Å². The molecule has 1 aliphatic rings. The molecule has 2 atom stereocenters. The van der Waals surface area contributed by atoms with Gasteiger partial charge in [-0.2, -0.15) is 0 Å². The van der Waals surface area contributed by atoms with E-state index in [-0.39, 0.29) is 12.2 Å². The molecule has 3 heteroatoms. The van der Waals surface area contributed by atoms with Crippen LogP contribution in [0.3, 0.4) is 0 Å². The lowest BCUT2D eigenvalue weighted by molar-refractivity contribution is 0.0136. The summed E-state index contributed by atoms with van der Waals surface area (Å²) in [6.45, 7) is 2.67. The van der Waals surface area contributed by atoms with Gasteiger partial charge in [0.1, 0.15) is 5.75 Å². The van der Waals surface area contributed by atoms with Gasteiger partial charge >= 0.3 is 0 Å². The normalized spacial score (nSPS) is 23.2. The predicted octanol–water partition coefficient (Wildman–Crippen LogP) is 2.90. The second-order valence-electron chi connectivity index (χ2n) is 4.21. The summed E-state index contributed by atoms with van der Waals surface area (Å²) in [5, 5.41) is 0. The molecule has 0 bridgehead atoms. The Kier molecular flexibility index (Phi) is 4.04. The van der Waals surface area contributed by atoms with Gasteiger partial charge in [0.05, 0.1) is 32.2 Å². The van der Waals surface area contributed by atoms with Crippen LogP contribution in [0.2, 0.25) is 0 Å². The van der Waals surface area contributed by atoms with Gasteiger partial charge in [-0.3, -0.25) is 0 Å². The average molecular weight is 234 g/mol. The van der Waals surface area contributed by atoms with Crippen LogP contribution in [0.25, 0.3) is 0 Å². The molecule has 17 heavy (non-hydrogen) atoms. The summed E-state index contributed by atoms with van der Waals surface area (Å²) in [6.07, 6.45) is 4.99. The largest absolute Gasteiger partial charge is 0.498 e. The van der Waals surface area contributed by atoms with Crippen LogP contribution in [0.1, 0.15) is 18.9 Å². The topological polar surface area (TPSA) is 27.7 Å². The van der Waals surface area contributed by atoms with Crippen LogP contribution in [0.5, 0.6) is 5.75 Å². The highest BCUT2D eigenvalue weighted by Crippen LogP contribution is 2.17. The van der Waals surface area contributed by atoms with E-state index < -0.39 is 0 Å². The Hall–Kier alpha value is -1.48. The average Bonchev–Trinajstić information content (AvgIpc) is 2.37. The van der Waals surface area contributed by atoms with Gasteiger partial charge in [-0.1, -0.05) is 12.1 Å². The van der Waals surface area contributed by atoms with E-state index in [4.69, 9.17) is 14.2 Å². The minimum Gasteiger partial charge on any atom is -0.498 e. The monoisotopic (exact) mass is 234 g/mol. The molecule has 0 radical (unpaired) electrons. The Balaban J connectivity index is 1.84. The minimum atomic E-state index is 0.154. The maximum Gasteiger partial charge on any atom is 0.118 e. The van der Waals surface area contributed by atoms with E-state index in [0.29, 0.717) is 6.61 Å². The first-order valence-corrected chi connectivity index (χ1v) is 5.84. The van der Waals surface area contributed by atoms with Gasteiger partial charge in [0.2, 0.25) is 0 Å². The van der Waals surface area contributed by atoms with Gasteiger partial charge in [0, 0.05) is 6.42 Å². The molecule has 0 fully saturated rings. The third-order valence-electron chi connectivity index (χ3n) is 2.79. The van der Waals surface area contributed by atoms with Crippen molar-refractivity contribution in [2.75, 3.05) is 7.11 Å². The molecule has 0 N–H and O–H groups in total. The zero-order chi connectivity index (χ0) is 12.1. The summed E-state index contributed by atoms with van der Waals surface area (Å²) in [4.78, 5) is 0. The maximum atomic E-state index is 5.81. The van der Waals surface area contributed by atoms with Crippen molar-refractivity contribution in [3.05, 3.63) is 42.2 Å². The van der Waals surface area contributed by atoms with Crippen LogP contribution in [0.4, 0.5) is 0 Å². The summed E-state index contributed by atoms with van der Waals surface area (Å²) in [7, 11) is 1.67. The van der Waals surface area contributed by atoms with Gasteiger partial charge in [-0.05, 0) is 30.7 Å². The molecule has 2 unspecified atom stereocenters. The number of ether oxygens (including phenoxy) is 3. The van der Waals surface area contributed by atoms with Crippen molar-refractivity contribution in [2.24, 2.45) is 0 Å². The Labute approximate surface area is 102 Å². The van der Waals surface area contributed by atoms with Crippen LogP contribution >= 0.6 is 0 Å². The molecule has 0 amide bonds. The number of hydrogen-bond donors (Lipinski definition) is 0. The molecule has 0 aromatic heterocycles. The molecule has 0 saturated carbocycles. The Morgan fingerprint density at radius 2 is 2.06 bits per heavy atom. The Bertz CT molecular complexity index is 370. The molecule has 2 rings (SSSR count). The minimum absolute atomic E-state index is 0.154. The molecule has 1 heterocycles. The van der Waals surface area contributed by atoms with E-state index >= 15 is 0 Å². The maximum absolute atomic E-state index is 5.81. The van der Waals surface area contributed by atoms with E-state index in [1.807, 2.05) is 37.3 Å². The first kappa shape index (κ1) is 12.0. The summed E-state index contributed by atoms with van der Waals surface area (Å²) in [5.74, 6) is 0.869. The molecule has 3 nitrogen and oxygen atoms in total. The van der Waals surface area contributed by atoms with Crippen molar-refractivity contribution in [2.45, 2.75) is 32.2 Å². The summed E-state index contributed by atoms with van der Waals surface area (Å²) in [5.41, 5.74) is 1.15. The highest BCUT2D eigenvalue weighted by atomic mass is 16.5. The molecule has 92 valence electrons. The van der Waals surface area contributed by atoms with Gasteiger partial charge in [-0.15, -0.1) is 0 Å². The van der Waals surface area contributed by atoms with Crippen molar-refractivity contribution in [1.82, 2.24) is 0 Å². The van der Waals surface area contributed by atoms with Gasteiger partial charge in [-0.25, -0.2) is 0 Å². The molecule has 0 saturated heterocycles. The second kappa shape index (κ2) is 5.73. The summed E-state index contributed by atoms with van der Waals surface area (Å²) >= 11 is 0. The molecule has 0 spiro atoms. The highest BCUT2D eigenvalue weighted by molar-refractivity contribution is 5.26. The SMILES string of the molecule is COc1ccc(COC2C=COC(C)C2)cc1. The van der Waals surface area contributed by atoms with Crippen molar-refractivity contribution in [3.8, 4) is 5.75 Å². The molecular formula is C14H18O3. The lowest BCUT2D eigenvalue weighted by Crippen LogP contribution is -2.21. The summed E-state index contributed by atoms with van der Waals surface area (Å²) < 4.78 is 16.2. The zero-order valence-electron chi connectivity index (χ0n) is 10.3. The Morgan fingerprint density at radius 1 is 1.29 bits per heavy atom. The van der Waals surface area contributed by atoms with Gasteiger partial charge in [0.15, 0.2) is 0 Å². The number of rotatable bonds is 4. The number of benzene rings is 1. The first-order valence-electron chi connectivity index (χ1n) is 5.84. The molecule has 1 aromatic rings.